The summed E-state index contributed by atoms with van der Waals surface area (Å²) in [5.74, 6) is 0. The molecule has 0 aliphatic rings. The number of rotatable bonds is 5. The Labute approximate surface area is 171 Å². The lowest BCUT2D eigenvalue weighted by Gasteiger charge is -2.06. The fourth-order valence-corrected chi connectivity index (χ4v) is 3.19. The molecular weight excluding hydrogens is 352 g/mol. The second kappa shape index (κ2) is 8.94. The Morgan fingerprint density at radius 2 is 0.897 bits per heavy atom. The lowest BCUT2D eigenvalue weighted by atomic mass is 10.0. The van der Waals surface area contributed by atoms with Gasteiger partial charge in [-0.2, -0.15) is 5.10 Å². The van der Waals surface area contributed by atoms with Gasteiger partial charge in [0.05, 0.1) is 5.71 Å². The van der Waals surface area contributed by atoms with Crippen LogP contribution in [-0.4, -0.2) is 11.4 Å². The summed E-state index contributed by atoms with van der Waals surface area (Å²) in [6, 6.07) is 39.2. The number of hydrogen-bond acceptors (Lipinski definition) is 2. The molecule has 0 saturated heterocycles. The van der Waals surface area contributed by atoms with Crippen molar-refractivity contribution in [3.8, 4) is 11.1 Å². The molecule has 29 heavy (non-hydrogen) atoms. The maximum absolute atomic E-state index is 4.63. The third-order valence-corrected chi connectivity index (χ3v) is 4.80. The predicted molar refractivity (Wildman–Crippen MR) is 123 cm³/mol. The SMILES string of the molecule is C/C(=N/N=C(c1ccccc1)c1ccccc1)c1ccc(-c2ccccc2)cc1. The Balaban J connectivity index is 1.65. The van der Waals surface area contributed by atoms with Crippen molar-refractivity contribution in [2.24, 2.45) is 10.2 Å². The molecule has 0 radical (unpaired) electrons. The molecule has 4 rings (SSSR count). The Morgan fingerprint density at radius 1 is 0.448 bits per heavy atom. The molecule has 140 valence electrons. The Hall–Kier alpha value is -3.78. The van der Waals surface area contributed by atoms with Gasteiger partial charge in [0.25, 0.3) is 0 Å². The monoisotopic (exact) mass is 374 g/mol. The average molecular weight is 374 g/mol. The van der Waals surface area contributed by atoms with Gasteiger partial charge in [0.1, 0.15) is 5.71 Å². The average Bonchev–Trinajstić information content (AvgIpc) is 2.81. The van der Waals surface area contributed by atoms with Crippen molar-refractivity contribution in [3.63, 3.8) is 0 Å². The van der Waals surface area contributed by atoms with Crippen molar-refractivity contribution in [2.45, 2.75) is 6.92 Å². The first-order chi connectivity index (χ1) is 14.3. The molecule has 0 aromatic heterocycles. The predicted octanol–water partition coefficient (Wildman–Crippen LogP) is 6.62. The minimum absolute atomic E-state index is 0.867. The molecule has 0 bridgehead atoms. The Kier molecular flexibility index (Phi) is 5.73. The fourth-order valence-electron chi connectivity index (χ4n) is 3.19. The van der Waals surface area contributed by atoms with Gasteiger partial charge in [0.2, 0.25) is 0 Å². The quantitative estimate of drug-likeness (QED) is 0.277. The molecule has 0 heterocycles. The van der Waals surface area contributed by atoms with Crippen molar-refractivity contribution >= 4 is 11.4 Å². The zero-order chi connectivity index (χ0) is 19.9. The van der Waals surface area contributed by atoms with Crippen molar-refractivity contribution in [1.82, 2.24) is 0 Å². The Bertz CT molecular complexity index is 1070. The first-order valence-corrected chi connectivity index (χ1v) is 9.70. The lowest BCUT2D eigenvalue weighted by Crippen LogP contribution is -2.03. The molecule has 4 aromatic rings. The van der Waals surface area contributed by atoms with E-state index in [4.69, 9.17) is 0 Å². The Morgan fingerprint density at radius 3 is 1.41 bits per heavy atom. The van der Waals surface area contributed by atoms with Crippen LogP contribution in [0.5, 0.6) is 0 Å². The summed E-state index contributed by atoms with van der Waals surface area (Å²) >= 11 is 0. The van der Waals surface area contributed by atoms with Crippen molar-refractivity contribution < 1.29 is 0 Å². The van der Waals surface area contributed by atoms with E-state index in [0.717, 1.165) is 28.1 Å². The van der Waals surface area contributed by atoms with Crippen LogP contribution in [0.25, 0.3) is 11.1 Å². The second-order valence-corrected chi connectivity index (χ2v) is 6.81. The normalized spacial score (nSPS) is 11.1. The summed E-state index contributed by atoms with van der Waals surface area (Å²) in [6.07, 6.45) is 0. The van der Waals surface area contributed by atoms with E-state index in [0.29, 0.717) is 0 Å². The van der Waals surface area contributed by atoms with Crippen LogP contribution in [-0.2, 0) is 0 Å². The zero-order valence-corrected chi connectivity index (χ0v) is 16.4. The third kappa shape index (κ3) is 4.56. The highest BCUT2D eigenvalue weighted by molar-refractivity contribution is 6.13. The van der Waals surface area contributed by atoms with Crippen LogP contribution in [0.15, 0.2) is 125 Å². The maximum atomic E-state index is 4.63. The molecule has 0 N–H and O–H groups in total. The second-order valence-electron chi connectivity index (χ2n) is 6.81. The van der Waals surface area contributed by atoms with Gasteiger partial charge in [-0.1, -0.05) is 115 Å². The van der Waals surface area contributed by atoms with Crippen molar-refractivity contribution in [3.05, 3.63) is 132 Å². The minimum Gasteiger partial charge on any atom is -0.155 e. The van der Waals surface area contributed by atoms with Gasteiger partial charge in [-0.25, -0.2) is 0 Å². The highest BCUT2D eigenvalue weighted by atomic mass is 15.2. The van der Waals surface area contributed by atoms with Crippen LogP contribution in [0, 0.1) is 0 Å². The van der Waals surface area contributed by atoms with E-state index in [-0.39, 0.29) is 0 Å². The van der Waals surface area contributed by atoms with Crippen LogP contribution in [0.4, 0.5) is 0 Å². The molecule has 0 aliphatic heterocycles. The van der Waals surface area contributed by atoms with E-state index in [1.54, 1.807) is 0 Å². The fraction of sp³-hybridized carbons (Fsp3) is 0.0370. The van der Waals surface area contributed by atoms with Gasteiger partial charge in [0, 0.05) is 11.1 Å². The summed E-state index contributed by atoms with van der Waals surface area (Å²) in [6.45, 7) is 1.99. The van der Waals surface area contributed by atoms with E-state index >= 15 is 0 Å². The van der Waals surface area contributed by atoms with Gasteiger partial charge in [-0.05, 0) is 23.6 Å². The first kappa shape index (κ1) is 18.6. The highest BCUT2D eigenvalue weighted by Gasteiger charge is 2.06. The minimum atomic E-state index is 0.867. The largest absolute Gasteiger partial charge is 0.155 e. The lowest BCUT2D eigenvalue weighted by molar-refractivity contribution is 1.22. The van der Waals surface area contributed by atoms with Crippen LogP contribution in [0.3, 0.4) is 0 Å². The van der Waals surface area contributed by atoms with Crippen LogP contribution in [0.1, 0.15) is 23.6 Å². The van der Waals surface area contributed by atoms with Crippen molar-refractivity contribution in [1.29, 1.82) is 0 Å². The molecule has 0 atom stereocenters. The van der Waals surface area contributed by atoms with E-state index in [1.807, 2.05) is 49.4 Å². The molecule has 0 aliphatic carbocycles. The van der Waals surface area contributed by atoms with Gasteiger partial charge in [0.15, 0.2) is 0 Å². The van der Waals surface area contributed by atoms with E-state index < -0.39 is 0 Å². The summed E-state index contributed by atoms with van der Waals surface area (Å²) in [5.41, 5.74) is 7.32. The topological polar surface area (TPSA) is 24.7 Å². The molecule has 2 nitrogen and oxygen atoms in total. The molecule has 4 aromatic carbocycles. The third-order valence-electron chi connectivity index (χ3n) is 4.80. The highest BCUT2D eigenvalue weighted by Crippen LogP contribution is 2.19. The standard InChI is InChI=1S/C27H22N2/c1-21(22-17-19-24(20-18-22)23-11-5-2-6-12-23)28-29-27(25-13-7-3-8-14-25)26-15-9-4-10-16-26/h2-20H,1H3/b28-21-. The number of hydrogen-bond donors (Lipinski definition) is 0. The first-order valence-electron chi connectivity index (χ1n) is 9.70. The van der Waals surface area contributed by atoms with Crippen molar-refractivity contribution in [2.75, 3.05) is 0 Å². The maximum Gasteiger partial charge on any atom is 0.100 e. The molecule has 0 saturated carbocycles. The molecule has 0 amide bonds. The molecule has 0 fully saturated rings. The smallest absolute Gasteiger partial charge is 0.100 e. The number of benzene rings is 4. The summed E-state index contributed by atoms with van der Waals surface area (Å²) < 4.78 is 0. The van der Waals surface area contributed by atoms with E-state index in [2.05, 4.69) is 83.0 Å². The van der Waals surface area contributed by atoms with Crippen LogP contribution in [0.2, 0.25) is 0 Å². The van der Waals surface area contributed by atoms with Gasteiger partial charge in [-0.3, -0.25) is 0 Å². The van der Waals surface area contributed by atoms with E-state index in [1.165, 1.54) is 11.1 Å². The molecular formula is C27H22N2. The summed E-state index contributed by atoms with van der Waals surface area (Å²) in [4.78, 5) is 0. The molecule has 0 spiro atoms. The summed E-state index contributed by atoms with van der Waals surface area (Å²) in [7, 11) is 0. The zero-order valence-electron chi connectivity index (χ0n) is 16.4. The van der Waals surface area contributed by atoms with Crippen LogP contribution >= 0.6 is 0 Å². The van der Waals surface area contributed by atoms with Gasteiger partial charge >= 0.3 is 0 Å². The molecule has 0 unspecified atom stereocenters. The van der Waals surface area contributed by atoms with Crippen LogP contribution < -0.4 is 0 Å². The van der Waals surface area contributed by atoms with Gasteiger partial charge in [-0.15, -0.1) is 5.10 Å². The summed E-state index contributed by atoms with van der Waals surface area (Å²) in [5, 5.41) is 9.18. The number of nitrogens with zero attached hydrogens (tertiary/aromatic N) is 2. The molecule has 2 heteroatoms. The van der Waals surface area contributed by atoms with Gasteiger partial charge < -0.3 is 0 Å². The van der Waals surface area contributed by atoms with E-state index in [9.17, 15) is 0 Å².